The van der Waals surface area contributed by atoms with Gasteiger partial charge in [-0.15, -0.1) is 0 Å². The van der Waals surface area contributed by atoms with E-state index in [2.05, 4.69) is 38.1 Å². The van der Waals surface area contributed by atoms with Gasteiger partial charge in [0.2, 0.25) is 0 Å². The molecular formula is C30H30O2. The van der Waals surface area contributed by atoms with Crippen molar-refractivity contribution >= 4 is 22.7 Å². The van der Waals surface area contributed by atoms with Gasteiger partial charge in [-0.05, 0) is 47.9 Å². The molecule has 32 heavy (non-hydrogen) atoms. The van der Waals surface area contributed by atoms with Crippen molar-refractivity contribution in [2.45, 2.75) is 52.4 Å². The minimum Gasteiger partial charge on any atom is -0.289 e. The Hall–Kier alpha value is -3.26. The fourth-order valence-electron chi connectivity index (χ4n) is 4.36. The number of carbonyl (C=O) groups excluding carboxylic acids is 2. The summed E-state index contributed by atoms with van der Waals surface area (Å²) in [6.07, 6.45) is 6.63. The first kappa shape index (κ1) is 22.0. The van der Waals surface area contributed by atoms with E-state index in [1.54, 1.807) is 12.1 Å². The summed E-state index contributed by atoms with van der Waals surface area (Å²) in [6.45, 7) is 4.37. The van der Waals surface area contributed by atoms with Gasteiger partial charge in [-0.25, -0.2) is 0 Å². The normalized spacial score (nSPS) is 13.4. The van der Waals surface area contributed by atoms with Gasteiger partial charge < -0.3 is 0 Å². The average molecular weight is 423 g/mol. The van der Waals surface area contributed by atoms with Gasteiger partial charge in [-0.3, -0.25) is 9.59 Å². The van der Waals surface area contributed by atoms with Crippen LogP contribution in [0.4, 0.5) is 0 Å². The lowest BCUT2D eigenvalue weighted by Crippen LogP contribution is -2.20. The van der Waals surface area contributed by atoms with Crippen molar-refractivity contribution < 1.29 is 9.59 Å². The summed E-state index contributed by atoms with van der Waals surface area (Å²) in [5.41, 5.74) is 6.14. The van der Waals surface area contributed by atoms with Gasteiger partial charge in [0.25, 0.3) is 0 Å². The predicted octanol–water partition coefficient (Wildman–Crippen LogP) is 7.36. The number of unbranched alkanes of at least 4 members (excludes halogenated alkanes) is 2. The van der Waals surface area contributed by atoms with Crippen LogP contribution in [0.5, 0.6) is 0 Å². The van der Waals surface area contributed by atoms with Crippen molar-refractivity contribution in [2.24, 2.45) is 0 Å². The Balaban J connectivity index is 1.82. The van der Waals surface area contributed by atoms with Crippen LogP contribution in [0.25, 0.3) is 11.1 Å². The summed E-state index contributed by atoms with van der Waals surface area (Å²) in [5, 5.41) is 0. The summed E-state index contributed by atoms with van der Waals surface area (Å²) in [6, 6.07) is 23.5. The molecule has 1 aliphatic rings. The summed E-state index contributed by atoms with van der Waals surface area (Å²) < 4.78 is 0. The van der Waals surface area contributed by atoms with Crippen LogP contribution in [0.1, 0.15) is 82.5 Å². The fourth-order valence-corrected chi connectivity index (χ4v) is 4.36. The van der Waals surface area contributed by atoms with Crippen molar-refractivity contribution in [1.82, 2.24) is 0 Å². The van der Waals surface area contributed by atoms with Crippen LogP contribution >= 0.6 is 0 Å². The highest BCUT2D eigenvalue weighted by Crippen LogP contribution is 2.37. The maximum Gasteiger partial charge on any atom is 0.195 e. The third kappa shape index (κ3) is 4.36. The molecule has 0 N–H and O–H groups in total. The Morgan fingerprint density at radius 3 is 1.25 bits per heavy atom. The first-order chi connectivity index (χ1) is 15.6. The minimum absolute atomic E-state index is 0.0773. The van der Waals surface area contributed by atoms with E-state index in [0.29, 0.717) is 22.3 Å². The molecule has 3 aromatic carbocycles. The molecule has 0 radical (unpaired) electrons. The number of aryl methyl sites for hydroxylation is 2. The molecule has 0 saturated heterocycles. The average Bonchev–Trinajstić information content (AvgIpc) is 2.84. The molecule has 0 aliphatic heterocycles. The molecule has 0 heterocycles. The maximum absolute atomic E-state index is 13.6. The van der Waals surface area contributed by atoms with E-state index >= 15 is 0 Å². The lowest BCUT2D eigenvalue weighted by Gasteiger charge is -2.22. The van der Waals surface area contributed by atoms with Crippen LogP contribution in [0.3, 0.4) is 0 Å². The molecule has 2 nitrogen and oxygen atoms in total. The van der Waals surface area contributed by atoms with Crippen LogP contribution in [-0.2, 0) is 12.8 Å². The first-order valence-electron chi connectivity index (χ1n) is 11.7. The van der Waals surface area contributed by atoms with E-state index in [-0.39, 0.29) is 11.6 Å². The Kier molecular flexibility index (Phi) is 6.80. The van der Waals surface area contributed by atoms with Crippen LogP contribution < -0.4 is 0 Å². The standard InChI is InChI=1S/C30H30O2/c1-3-5-9-21-13-17-23(18-14-21)27-28(24-19-15-22(16-20-24)10-6-4-2)30(32)26-12-8-7-11-25(26)29(27)31/h7-8,11-20H,3-6,9-10H2,1-2H3. The second-order valence-corrected chi connectivity index (χ2v) is 8.55. The molecule has 0 bridgehead atoms. The number of carbonyl (C=O) groups is 2. The molecule has 0 atom stereocenters. The van der Waals surface area contributed by atoms with Gasteiger partial charge in [0.1, 0.15) is 0 Å². The number of allylic oxidation sites excluding steroid dienone is 2. The number of rotatable bonds is 8. The molecule has 0 saturated carbocycles. The third-order valence-corrected chi connectivity index (χ3v) is 6.24. The zero-order valence-electron chi connectivity index (χ0n) is 19.0. The summed E-state index contributed by atoms with van der Waals surface area (Å²) in [5.74, 6) is -0.155. The molecule has 2 heteroatoms. The molecule has 0 fully saturated rings. The molecule has 162 valence electrons. The van der Waals surface area contributed by atoms with Gasteiger partial charge in [0.15, 0.2) is 11.6 Å². The monoisotopic (exact) mass is 422 g/mol. The first-order valence-corrected chi connectivity index (χ1v) is 11.7. The molecule has 3 aromatic rings. The lowest BCUT2D eigenvalue weighted by atomic mass is 9.78. The topological polar surface area (TPSA) is 34.1 Å². The molecule has 4 rings (SSSR count). The Morgan fingerprint density at radius 1 is 0.531 bits per heavy atom. The van der Waals surface area contributed by atoms with Gasteiger partial charge in [0, 0.05) is 22.3 Å². The number of fused-ring (bicyclic) bond motifs is 1. The van der Waals surface area contributed by atoms with Gasteiger partial charge >= 0.3 is 0 Å². The lowest BCUT2D eigenvalue weighted by molar-refractivity contribution is 0.101. The van der Waals surface area contributed by atoms with E-state index in [4.69, 9.17) is 0 Å². The highest BCUT2D eigenvalue weighted by Gasteiger charge is 2.33. The molecular weight excluding hydrogens is 392 g/mol. The Morgan fingerprint density at radius 2 is 0.906 bits per heavy atom. The molecule has 0 amide bonds. The third-order valence-electron chi connectivity index (χ3n) is 6.24. The van der Waals surface area contributed by atoms with Crippen molar-refractivity contribution in [3.63, 3.8) is 0 Å². The van der Waals surface area contributed by atoms with Crippen molar-refractivity contribution in [2.75, 3.05) is 0 Å². The van der Waals surface area contributed by atoms with Gasteiger partial charge in [-0.1, -0.05) is 99.5 Å². The minimum atomic E-state index is -0.0773. The van der Waals surface area contributed by atoms with E-state index in [9.17, 15) is 9.59 Å². The Bertz CT molecular complexity index is 1060. The van der Waals surface area contributed by atoms with E-state index in [1.165, 1.54) is 11.1 Å². The zero-order chi connectivity index (χ0) is 22.5. The number of benzene rings is 3. The van der Waals surface area contributed by atoms with Gasteiger partial charge in [-0.2, -0.15) is 0 Å². The van der Waals surface area contributed by atoms with Crippen molar-refractivity contribution in [1.29, 1.82) is 0 Å². The van der Waals surface area contributed by atoms with E-state index < -0.39 is 0 Å². The smallest absolute Gasteiger partial charge is 0.195 e. The van der Waals surface area contributed by atoms with E-state index in [1.807, 2.05) is 36.4 Å². The number of Topliss-reactive ketones (excluding diaryl/α,β-unsaturated/α-hetero) is 2. The summed E-state index contributed by atoms with van der Waals surface area (Å²) in [7, 11) is 0. The highest BCUT2D eigenvalue weighted by atomic mass is 16.1. The highest BCUT2D eigenvalue weighted by molar-refractivity contribution is 6.51. The van der Waals surface area contributed by atoms with Crippen LogP contribution in [0.15, 0.2) is 72.8 Å². The van der Waals surface area contributed by atoms with Crippen LogP contribution in [0.2, 0.25) is 0 Å². The summed E-state index contributed by atoms with van der Waals surface area (Å²) in [4.78, 5) is 27.2. The van der Waals surface area contributed by atoms with Gasteiger partial charge in [0.05, 0.1) is 0 Å². The van der Waals surface area contributed by atoms with Crippen LogP contribution in [0, 0.1) is 0 Å². The van der Waals surface area contributed by atoms with Crippen molar-refractivity contribution in [3.05, 3.63) is 106 Å². The number of hydrogen-bond donors (Lipinski definition) is 0. The predicted molar refractivity (Wildman–Crippen MR) is 132 cm³/mol. The second-order valence-electron chi connectivity index (χ2n) is 8.55. The fraction of sp³-hybridized carbons (Fsp3) is 0.267. The SMILES string of the molecule is CCCCc1ccc(C2=C(c3ccc(CCCC)cc3)C(=O)c3ccccc3C2=O)cc1. The molecule has 0 spiro atoms. The van der Waals surface area contributed by atoms with Crippen LogP contribution in [-0.4, -0.2) is 11.6 Å². The number of hydrogen-bond acceptors (Lipinski definition) is 2. The molecule has 1 aliphatic carbocycles. The number of ketones is 2. The van der Waals surface area contributed by atoms with E-state index in [0.717, 1.165) is 49.7 Å². The molecule has 0 aromatic heterocycles. The quantitative estimate of drug-likeness (QED) is 0.380. The largest absolute Gasteiger partial charge is 0.289 e. The van der Waals surface area contributed by atoms with Crippen molar-refractivity contribution in [3.8, 4) is 0 Å². The zero-order valence-corrected chi connectivity index (χ0v) is 19.0. The maximum atomic E-state index is 13.6. The molecule has 0 unspecified atom stereocenters. The second kappa shape index (κ2) is 9.91. The Labute approximate surface area is 191 Å². The summed E-state index contributed by atoms with van der Waals surface area (Å²) >= 11 is 0.